The maximum atomic E-state index is 9.09. The summed E-state index contributed by atoms with van der Waals surface area (Å²) in [6.45, 7) is 5.72. The molecule has 0 aliphatic carbocycles. The average molecular weight is 243 g/mol. The van der Waals surface area contributed by atoms with Gasteiger partial charge in [-0.05, 0) is 44.5 Å². The van der Waals surface area contributed by atoms with Gasteiger partial charge in [0.2, 0.25) is 0 Å². The van der Waals surface area contributed by atoms with Crippen molar-refractivity contribution in [1.29, 1.82) is 5.26 Å². The summed E-state index contributed by atoms with van der Waals surface area (Å²) in [6, 6.07) is 10.5. The number of hydrogen-bond donors (Lipinski definition) is 1. The number of likely N-dealkylation sites (tertiary alicyclic amines) is 1. The van der Waals surface area contributed by atoms with Crippen LogP contribution in [0, 0.1) is 11.3 Å². The number of rotatable bonds is 3. The number of hydrogen-bond acceptors (Lipinski definition) is 3. The smallest absolute Gasteiger partial charge is 0.101 e. The van der Waals surface area contributed by atoms with Gasteiger partial charge < -0.3 is 10.2 Å². The van der Waals surface area contributed by atoms with E-state index >= 15 is 0 Å². The van der Waals surface area contributed by atoms with Crippen LogP contribution in [0.25, 0.3) is 0 Å². The molecule has 0 aromatic heterocycles. The number of nitriles is 1. The zero-order chi connectivity index (χ0) is 12.8. The lowest BCUT2D eigenvalue weighted by Crippen LogP contribution is -2.26. The summed E-state index contributed by atoms with van der Waals surface area (Å²) in [5.74, 6) is 0. The number of nitrogens with one attached hydrogen (secondary N) is 1. The highest BCUT2D eigenvalue weighted by atomic mass is 15.1. The molecule has 18 heavy (non-hydrogen) atoms. The molecule has 3 nitrogen and oxygen atoms in total. The Labute approximate surface area is 109 Å². The normalized spacial score (nSPS) is 21.0. The molecular weight excluding hydrogens is 222 g/mol. The van der Waals surface area contributed by atoms with Gasteiger partial charge in [-0.3, -0.25) is 0 Å². The fourth-order valence-corrected chi connectivity index (χ4v) is 2.54. The third-order valence-electron chi connectivity index (χ3n) is 3.68. The van der Waals surface area contributed by atoms with Crippen molar-refractivity contribution in [3.8, 4) is 6.07 Å². The first-order valence-electron chi connectivity index (χ1n) is 6.81. The Hall–Kier alpha value is -1.53. The summed E-state index contributed by atoms with van der Waals surface area (Å²) >= 11 is 0. The van der Waals surface area contributed by atoms with Crippen molar-refractivity contribution in [2.45, 2.75) is 32.2 Å². The maximum Gasteiger partial charge on any atom is 0.101 e. The van der Waals surface area contributed by atoms with Gasteiger partial charge in [0.1, 0.15) is 6.07 Å². The van der Waals surface area contributed by atoms with Crippen molar-refractivity contribution in [3.05, 3.63) is 29.8 Å². The van der Waals surface area contributed by atoms with E-state index in [4.69, 9.17) is 5.26 Å². The Morgan fingerprint density at radius 2 is 2.17 bits per heavy atom. The first-order valence-corrected chi connectivity index (χ1v) is 6.81. The van der Waals surface area contributed by atoms with E-state index in [0.717, 1.165) is 30.8 Å². The Morgan fingerprint density at radius 1 is 1.33 bits per heavy atom. The lowest BCUT2D eigenvalue weighted by Gasteiger charge is -2.19. The van der Waals surface area contributed by atoms with Crippen molar-refractivity contribution in [3.63, 3.8) is 0 Å². The zero-order valence-electron chi connectivity index (χ0n) is 11.0. The van der Waals surface area contributed by atoms with Gasteiger partial charge in [0, 0.05) is 12.6 Å². The highest BCUT2D eigenvalue weighted by molar-refractivity contribution is 5.57. The number of para-hydroxylation sites is 1. The van der Waals surface area contributed by atoms with Gasteiger partial charge in [-0.2, -0.15) is 5.26 Å². The molecule has 1 aromatic rings. The van der Waals surface area contributed by atoms with E-state index in [2.05, 4.69) is 23.2 Å². The summed E-state index contributed by atoms with van der Waals surface area (Å²) in [5.41, 5.74) is 1.73. The van der Waals surface area contributed by atoms with Crippen LogP contribution in [0.15, 0.2) is 24.3 Å². The number of benzene rings is 1. The van der Waals surface area contributed by atoms with E-state index in [1.54, 1.807) is 0 Å². The molecule has 1 saturated heterocycles. The predicted octanol–water partition coefficient (Wildman–Crippen LogP) is 2.84. The zero-order valence-corrected chi connectivity index (χ0v) is 11.0. The van der Waals surface area contributed by atoms with E-state index in [0.29, 0.717) is 6.04 Å². The average Bonchev–Trinajstić information content (AvgIpc) is 2.64. The lowest BCUT2D eigenvalue weighted by molar-refractivity contribution is 0.300. The van der Waals surface area contributed by atoms with E-state index in [1.165, 1.54) is 19.4 Å². The summed E-state index contributed by atoms with van der Waals surface area (Å²) in [4.78, 5) is 2.50. The minimum absolute atomic E-state index is 0.496. The molecule has 1 aliphatic heterocycles. The van der Waals surface area contributed by atoms with Crippen molar-refractivity contribution in [1.82, 2.24) is 4.90 Å². The monoisotopic (exact) mass is 243 g/mol. The second kappa shape index (κ2) is 6.42. The highest BCUT2D eigenvalue weighted by Crippen LogP contribution is 2.19. The molecular formula is C15H21N3. The summed E-state index contributed by atoms with van der Waals surface area (Å²) in [6.07, 6.45) is 3.59. The van der Waals surface area contributed by atoms with Crippen LogP contribution in [-0.2, 0) is 0 Å². The van der Waals surface area contributed by atoms with E-state index in [1.807, 2.05) is 24.3 Å². The minimum Gasteiger partial charge on any atom is -0.381 e. The SMILES string of the molecule is CCN1CCCC(Nc2ccccc2C#N)CC1. The first-order chi connectivity index (χ1) is 8.83. The van der Waals surface area contributed by atoms with Gasteiger partial charge in [-0.1, -0.05) is 19.1 Å². The van der Waals surface area contributed by atoms with Crippen LogP contribution in [0.5, 0.6) is 0 Å². The minimum atomic E-state index is 0.496. The topological polar surface area (TPSA) is 39.1 Å². The summed E-state index contributed by atoms with van der Waals surface area (Å²) < 4.78 is 0. The molecule has 0 radical (unpaired) electrons. The molecule has 1 unspecified atom stereocenters. The predicted molar refractivity (Wildman–Crippen MR) is 74.5 cm³/mol. The molecule has 1 heterocycles. The molecule has 1 N–H and O–H groups in total. The molecule has 2 rings (SSSR count). The van der Waals surface area contributed by atoms with Crippen LogP contribution in [0.1, 0.15) is 31.7 Å². The highest BCUT2D eigenvalue weighted by Gasteiger charge is 2.16. The van der Waals surface area contributed by atoms with Crippen molar-refractivity contribution in [2.24, 2.45) is 0 Å². The van der Waals surface area contributed by atoms with E-state index in [-0.39, 0.29) is 0 Å². The summed E-state index contributed by atoms with van der Waals surface area (Å²) in [5, 5.41) is 12.6. The van der Waals surface area contributed by atoms with Crippen molar-refractivity contribution < 1.29 is 0 Å². The third-order valence-corrected chi connectivity index (χ3v) is 3.68. The third kappa shape index (κ3) is 3.24. The van der Waals surface area contributed by atoms with Crippen LogP contribution in [-0.4, -0.2) is 30.6 Å². The Bertz CT molecular complexity index is 422. The number of nitrogens with zero attached hydrogens (tertiary/aromatic N) is 2. The molecule has 0 amide bonds. The largest absolute Gasteiger partial charge is 0.381 e. The second-order valence-corrected chi connectivity index (χ2v) is 4.86. The van der Waals surface area contributed by atoms with Gasteiger partial charge in [0.05, 0.1) is 11.3 Å². The standard InChI is InChI=1S/C15H21N3/c1-2-18-10-5-7-14(9-11-18)17-15-8-4-3-6-13(15)12-16/h3-4,6,8,14,17H,2,5,7,9-11H2,1H3. The van der Waals surface area contributed by atoms with Crippen molar-refractivity contribution in [2.75, 3.05) is 25.0 Å². The van der Waals surface area contributed by atoms with Gasteiger partial charge in [-0.25, -0.2) is 0 Å². The van der Waals surface area contributed by atoms with Crippen LogP contribution >= 0.6 is 0 Å². The van der Waals surface area contributed by atoms with Crippen LogP contribution in [0.2, 0.25) is 0 Å². The fraction of sp³-hybridized carbons (Fsp3) is 0.533. The van der Waals surface area contributed by atoms with E-state index < -0.39 is 0 Å². The molecule has 1 aliphatic rings. The first kappa shape index (κ1) is 12.9. The molecule has 0 bridgehead atoms. The maximum absolute atomic E-state index is 9.09. The Morgan fingerprint density at radius 3 is 2.94 bits per heavy atom. The lowest BCUT2D eigenvalue weighted by atomic mass is 10.1. The molecule has 1 fully saturated rings. The Kier molecular flexibility index (Phi) is 4.60. The molecule has 0 spiro atoms. The second-order valence-electron chi connectivity index (χ2n) is 4.86. The number of anilines is 1. The van der Waals surface area contributed by atoms with Crippen LogP contribution < -0.4 is 5.32 Å². The van der Waals surface area contributed by atoms with Gasteiger partial charge in [0.15, 0.2) is 0 Å². The van der Waals surface area contributed by atoms with Gasteiger partial charge in [0.25, 0.3) is 0 Å². The molecule has 96 valence electrons. The van der Waals surface area contributed by atoms with E-state index in [9.17, 15) is 0 Å². The van der Waals surface area contributed by atoms with Gasteiger partial charge in [-0.15, -0.1) is 0 Å². The molecule has 1 atom stereocenters. The molecule has 1 aromatic carbocycles. The van der Waals surface area contributed by atoms with Crippen LogP contribution in [0.3, 0.4) is 0 Å². The van der Waals surface area contributed by atoms with Crippen LogP contribution in [0.4, 0.5) is 5.69 Å². The van der Waals surface area contributed by atoms with Gasteiger partial charge >= 0.3 is 0 Å². The quantitative estimate of drug-likeness (QED) is 0.887. The molecule has 0 saturated carbocycles. The summed E-state index contributed by atoms with van der Waals surface area (Å²) in [7, 11) is 0. The fourth-order valence-electron chi connectivity index (χ4n) is 2.54. The molecule has 3 heteroatoms. The Balaban J connectivity index is 1.99. The van der Waals surface area contributed by atoms with Crippen molar-refractivity contribution >= 4 is 5.69 Å².